The molecule has 0 saturated carbocycles. The van der Waals surface area contributed by atoms with E-state index in [1.54, 1.807) is 6.92 Å². The molecular weight excluding hydrogens is 576 g/mol. The molecule has 0 saturated heterocycles. The predicted octanol–water partition coefficient (Wildman–Crippen LogP) is 6.25. The number of quaternary nitrogens is 1. The number of nitrogens with zero attached hydrogens (tertiary/aromatic N) is 1. The molecule has 0 heterocycles. The summed E-state index contributed by atoms with van der Waals surface area (Å²) in [6.07, 6.45) is 14.2. The SMILES string of the molecule is CCCCC(C)C(=O)NCCN.CCCCC(C)C(=O)O.CCCCC(C)CNCCN.CCCCC(C)CNCC[N+](C)(C)C. The van der Waals surface area contributed by atoms with Gasteiger partial charge in [-0.2, -0.15) is 0 Å². The lowest BCUT2D eigenvalue weighted by Crippen LogP contribution is -2.41. The first-order valence-corrected chi connectivity index (χ1v) is 18.8. The first-order chi connectivity index (χ1) is 21.7. The van der Waals surface area contributed by atoms with E-state index < -0.39 is 5.97 Å². The number of carboxylic acid groups (broad SMARTS) is 1. The Morgan fingerprint density at radius 1 is 0.630 bits per heavy atom. The summed E-state index contributed by atoms with van der Waals surface area (Å²) in [5.74, 6) is 1.07. The summed E-state index contributed by atoms with van der Waals surface area (Å²) in [5, 5.41) is 18.0. The maximum atomic E-state index is 11.2. The number of hydrogen-bond acceptors (Lipinski definition) is 6. The van der Waals surface area contributed by atoms with Gasteiger partial charge in [-0.25, -0.2) is 0 Å². The van der Waals surface area contributed by atoms with E-state index in [0.717, 1.165) is 81.0 Å². The Kier molecular flexibility index (Phi) is 42.8. The number of unbranched alkanes of at least 4 members (excludes halogenated alkanes) is 4. The van der Waals surface area contributed by atoms with Crippen molar-refractivity contribution >= 4 is 11.9 Å². The molecule has 0 aliphatic rings. The van der Waals surface area contributed by atoms with Crippen molar-refractivity contribution in [2.75, 3.05) is 73.5 Å². The van der Waals surface area contributed by atoms with Gasteiger partial charge in [0.15, 0.2) is 0 Å². The summed E-state index contributed by atoms with van der Waals surface area (Å²) in [7, 11) is 6.71. The molecule has 0 radical (unpaired) electrons. The zero-order valence-corrected chi connectivity index (χ0v) is 32.8. The Balaban J connectivity index is -0.000000259. The van der Waals surface area contributed by atoms with Crippen molar-refractivity contribution in [1.82, 2.24) is 16.0 Å². The van der Waals surface area contributed by atoms with Crippen molar-refractivity contribution in [1.29, 1.82) is 0 Å². The molecule has 9 nitrogen and oxygen atoms in total. The quantitative estimate of drug-likeness (QED) is 0.0501. The topological polar surface area (TPSA) is 142 Å². The molecule has 0 fully saturated rings. The van der Waals surface area contributed by atoms with Gasteiger partial charge in [0, 0.05) is 38.6 Å². The van der Waals surface area contributed by atoms with Gasteiger partial charge in [0.25, 0.3) is 0 Å². The molecule has 0 spiro atoms. The number of likely N-dealkylation sites (N-methyl/N-ethyl adjacent to an activating group) is 1. The number of carbonyl (C=O) groups excluding carboxylic acids is 1. The van der Waals surface area contributed by atoms with Crippen LogP contribution in [0.4, 0.5) is 0 Å². The van der Waals surface area contributed by atoms with Crippen LogP contribution in [0.3, 0.4) is 0 Å². The second-order valence-corrected chi connectivity index (χ2v) is 14.2. The Hall–Kier alpha value is -1.26. The number of nitrogens with two attached hydrogens (primary N) is 2. The lowest BCUT2D eigenvalue weighted by molar-refractivity contribution is -0.869. The second-order valence-electron chi connectivity index (χ2n) is 14.2. The minimum Gasteiger partial charge on any atom is -0.481 e. The molecular formula is C37H85N6O3+. The van der Waals surface area contributed by atoms with Crippen molar-refractivity contribution in [3.63, 3.8) is 0 Å². The standard InChI is InChI=1S/C12H29N2.C9H20N2O.C9H22N2.C7H14O2/c1-6-7-8-12(2)11-13-9-10-14(3,4)5;1-3-4-5-8(2)9(12)11-7-6-10;1-3-4-5-9(2)8-11-7-6-10;1-3-4-5-6(2)7(8)9/h12-13H,6-11H2,1-5H3;8H,3-7,10H2,1-2H3,(H,11,12);9,11H,3-8,10H2,1-2H3;6H,3-5H2,1-2H3,(H,8,9)/q+1;;;. The summed E-state index contributed by atoms with van der Waals surface area (Å²) in [5.41, 5.74) is 10.6. The molecule has 4 unspecified atom stereocenters. The smallest absolute Gasteiger partial charge is 0.306 e. The highest BCUT2D eigenvalue weighted by Crippen LogP contribution is 2.08. The molecule has 46 heavy (non-hydrogen) atoms. The van der Waals surface area contributed by atoms with E-state index in [2.05, 4.69) is 78.6 Å². The monoisotopic (exact) mass is 662 g/mol. The summed E-state index contributed by atoms with van der Waals surface area (Å²) < 4.78 is 1.05. The van der Waals surface area contributed by atoms with E-state index in [1.165, 1.54) is 51.6 Å². The van der Waals surface area contributed by atoms with Crippen LogP contribution in [0.2, 0.25) is 0 Å². The second kappa shape index (κ2) is 38.2. The minimum atomic E-state index is -0.677. The zero-order valence-electron chi connectivity index (χ0n) is 32.8. The third-order valence-corrected chi connectivity index (χ3v) is 7.66. The molecule has 0 aliphatic carbocycles. The third-order valence-electron chi connectivity index (χ3n) is 7.66. The van der Waals surface area contributed by atoms with Crippen LogP contribution < -0.4 is 27.4 Å². The van der Waals surface area contributed by atoms with Crippen LogP contribution in [0.25, 0.3) is 0 Å². The molecule has 8 N–H and O–H groups in total. The molecule has 9 heteroatoms. The van der Waals surface area contributed by atoms with E-state index in [1.807, 2.05) is 6.92 Å². The number of amides is 1. The van der Waals surface area contributed by atoms with Crippen molar-refractivity contribution < 1.29 is 19.2 Å². The highest BCUT2D eigenvalue weighted by atomic mass is 16.4. The number of carbonyl (C=O) groups is 2. The van der Waals surface area contributed by atoms with Gasteiger partial charge in [0.2, 0.25) is 5.91 Å². The van der Waals surface area contributed by atoms with Crippen LogP contribution in [0.5, 0.6) is 0 Å². The number of nitrogens with one attached hydrogen (secondary N) is 3. The van der Waals surface area contributed by atoms with Gasteiger partial charge in [-0.15, -0.1) is 0 Å². The number of rotatable bonds is 25. The number of hydrogen-bond donors (Lipinski definition) is 6. The predicted molar refractivity (Wildman–Crippen MR) is 202 cm³/mol. The molecule has 1 amide bonds. The molecule has 0 rings (SSSR count). The van der Waals surface area contributed by atoms with Crippen LogP contribution in [-0.4, -0.2) is 95.0 Å². The average molecular weight is 662 g/mol. The lowest BCUT2D eigenvalue weighted by atomic mass is 10.0. The molecule has 0 aromatic heterocycles. The fourth-order valence-corrected chi connectivity index (χ4v) is 4.17. The van der Waals surface area contributed by atoms with E-state index >= 15 is 0 Å². The van der Waals surface area contributed by atoms with Gasteiger partial charge >= 0.3 is 5.97 Å². The normalized spacial score (nSPS) is 13.4. The van der Waals surface area contributed by atoms with Gasteiger partial charge in [-0.3, -0.25) is 9.59 Å². The van der Waals surface area contributed by atoms with E-state index in [9.17, 15) is 9.59 Å². The number of aliphatic carboxylic acids is 1. The van der Waals surface area contributed by atoms with Gasteiger partial charge in [0.1, 0.15) is 0 Å². The molecule has 4 atom stereocenters. The van der Waals surface area contributed by atoms with Gasteiger partial charge in [0.05, 0.1) is 33.6 Å². The fourth-order valence-electron chi connectivity index (χ4n) is 4.17. The Labute approximate surface area is 287 Å². The first-order valence-electron chi connectivity index (χ1n) is 18.8. The Bertz CT molecular complexity index is 631. The van der Waals surface area contributed by atoms with Gasteiger partial charge in [-0.1, -0.05) is 107 Å². The molecule has 0 bridgehead atoms. The first kappa shape index (κ1) is 51.6. The molecule has 0 aromatic rings. The zero-order chi connectivity index (χ0) is 36.2. The van der Waals surface area contributed by atoms with Crippen molar-refractivity contribution in [3.05, 3.63) is 0 Å². The van der Waals surface area contributed by atoms with E-state index in [0.29, 0.717) is 13.1 Å². The highest BCUT2D eigenvalue weighted by molar-refractivity contribution is 5.78. The molecule has 280 valence electrons. The van der Waals surface area contributed by atoms with Crippen LogP contribution in [0.15, 0.2) is 0 Å². The largest absolute Gasteiger partial charge is 0.481 e. The molecule has 0 aliphatic heterocycles. The van der Waals surface area contributed by atoms with Crippen LogP contribution in [-0.2, 0) is 9.59 Å². The third kappa shape index (κ3) is 47.2. The maximum absolute atomic E-state index is 11.2. The Morgan fingerprint density at radius 2 is 1.02 bits per heavy atom. The minimum absolute atomic E-state index is 0.133. The van der Waals surface area contributed by atoms with Crippen molar-refractivity contribution in [2.45, 2.75) is 132 Å². The average Bonchev–Trinajstić information content (AvgIpc) is 3.01. The Morgan fingerprint density at radius 3 is 1.39 bits per heavy atom. The van der Waals surface area contributed by atoms with Crippen LogP contribution in [0, 0.1) is 23.7 Å². The van der Waals surface area contributed by atoms with Crippen molar-refractivity contribution in [3.8, 4) is 0 Å². The summed E-state index contributed by atoms with van der Waals surface area (Å²) in [4.78, 5) is 21.4. The van der Waals surface area contributed by atoms with Gasteiger partial charge < -0.3 is 37.0 Å². The fraction of sp³-hybridized carbons (Fsp3) is 0.946. The summed E-state index contributed by atoms with van der Waals surface area (Å²) >= 11 is 0. The van der Waals surface area contributed by atoms with Crippen molar-refractivity contribution in [2.24, 2.45) is 35.1 Å². The molecule has 0 aromatic carbocycles. The van der Waals surface area contributed by atoms with E-state index in [4.69, 9.17) is 16.6 Å². The van der Waals surface area contributed by atoms with Crippen LogP contribution in [0.1, 0.15) is 132 Å². The van der Waals surface area contributed by atoms with E-state index in [-0.39, 0.29) is 17.7 Å². The number of carboxylic acids is 1. The van der Waals surface area contributed by atoms with Crippen LogP contribution >= 0.6 is 0 Å². The lowest BCUT2D eigenvalue weighted by Gasteiger charge is -2.24. The highest BCUT2D eigenvalue weighted by Gasteiger charge is 2.10. The summed E-state index contributed by atoms with van der Waals surface area (Å²) in [6, 6.07) is 0. The summed E-state index contributed by atoms with van der Waals surface area (Å²) in [6.45, 7) is 24.5. The maximum Gasteiger partial charge on any atom is 0.306 e. The van der Waals surface area contributed by atoms with Gasteiger partial charge in [-0.05, 0) is 50.6 Å².